The minimum atomic E-state index is -0.228. The largest absolute Gasteiger partial charge is 0.352 e. The molecule has 2 aliphatic heterocycles. The van der Waals surface area contributed by atoms with Crippen LogP contribution in [0.2, 0.25) is 5.02 Å². The number of piperazine rings is 1. The van der Waals surface area contributed by atoms with Crippen LogP contribution in [0.1, 0.15) is 13.3 Å². The van der Waals surface area contributed by atoms with E-state index in [1.165, 1.54) is 0 Å². The first-order valence-electron chi connectivity index (χ1n) is 7.94. The van der Waals surface area contributed by atoms with Gasteiger partial charge in [0.15, 0.2) is 0 Å². The number of anilines is 1. The van der Waals surface area contributed by atoms with Gasteiger partial charge in [-0.1, -0.05) is 11.6 Å². The molecule has 1 N–H and O–H groups in total. The summed E-state index contributed by atoms with van der Waals surface area (Å²) >= 11 is 6.18. The van der Waals surface area contributed by atoms with E-state index in [2.05, 4.69) is 15.2 Å². The van der Waals surface area contributed by atoms with Crippen LogP contribution in [0, 0.1) is 5.92 Å². The maximum absolute atomic E-state index is 12.6. The van der Waals surface area contributed by atoms with Crippen molar-refractivity contribution in [1.29, 1.82) is 0 Å². The van der Waals surface area contributed by atoms with Crippen LogP contribution in [0.5, 0.6) is 0 Å². The Balaban J connectivity index is 1.56. The van der Waals surface area contributed by atoms with Crippen molar-refractivity contribution >= 4 is 29.1 Å². The van der Waals surface area contributed by atoms with Gasteiger partial charge in [-0.15, -0.1) is 0 Å². The van der Waals surface area contributed by atoms with Gasteiger partial charge in [-0.05, 0) is 25.5 Å². The summed E-state index contributed by atoms with van der Waals surface area (Å²) in [6, 6.07) is 3.41. The molecule has 3 heterocycles. The molecular weight excluding hydrogens is 316 g/mol. The number of carbonyl (C=O) groups is 2. The first kappa shape index (κ1) is 16.2. The van der Waals surface area contributed by atoms with Crippen molar-refractivity contribution in [2.75, 3.05) is 37.6 Å². The average molecular weight is 337 g/mol. The lowest BCUT2D eigenvalue weighted by Crippen LogP contribution is -2.53. The van der Waals surface area contributed by atoms with E-state index >= 15 is 0 Å². The minimum absolute atomic E-state index is 0.0300. The van der Waals surface area contributed by atoms with Crippen LogP contribution in [0.4, 0.5) is 5.82 Å². The van der Waals surface area contributed by atoms with Crippen LogP contribution in [0.3, 0.4) is 0 Å². The van der Waals surface area contributed by atoms with Crippen LogP contribution >= 0.6 is 11.6 Å². The molecule has 3 rings (SSSR count). The summed E-state index contributed by atoms with van der Waals surface area (Å²) < 4.78 is 0. The third kappa shape index (κ3) is 3.48. The number of rotatable bonds is 3. The van der Waals surface area contributed by atoms with Gasteiger partial charge in [0.05, 0.1) is 11.1 Å². The van der Waals surface area contributed by atoms with Gasteiger partial charge in [0, 0.05) is 44.8 Å². The lowest BCUT2D eigenvalue weighted by atomic mass is 10.0. The summed E-state index contributed by atoms with van der Waals surface area (Å²) in [6.07, 6.45) is 2.34. The van der Waals surface area contributed by atoms with Gasteiger partial charge in [0.1, 0.15) is 11.6 Å². The Morgan fingerprint density at radius 2 is 2.04 bits per heavy atom. The number of nitrogens with one attached hydrogen (secondary N) is 1. The number of nitrogens with zero attached hydrogens (tertiary/aromatic N) is 3. The molecule has 1 aromatic heterocycles. The third-order valence-corrected chi connectivity index (χ3v) is 4.93. The summed E-state index contributed by atoms with van der Waals surface area (Å²) in [5.74, 6) is 0.998. The van der Waals surface area contributed by atoms with Gasteiger partial charge >= 0.3 is 0 Å². The third-order valence-electron chi connectivity index (χ3n) is 4.63. The van der Waals surface area contributed by atoms with Gasteiger partial charge in [-0.3, -0.25) is 9.59 Å². The second-order valence-corrected chi connectivity index (χ2v) is 6.53. The molecule has 7 heteroatoms. The molecule has 0 bridgehead atoms. The first-order valence-corrected chi connectivity index (χ1v) is 8.32. The van der Waals surface area contributed by atoms with Crippen molar-refractivity contribution in [3.63, 3.8) is 0 Å². The van der Waals surface area contributed by atoms with E-state index in [-0.39, 0.29) is 23.7 Å². The topological polar surface area (TPSA) is 65.5 Å². The molecule has 23 heavy (non-hydrogen) atoms. The number of carbonyl (C=O) groups excluding carboxylic acids is 2. The number of pyridine rings is 1. The Kier molecular flexibility index (Phi) is 4.82. The van der Waals surface area contributed by atoms with Crippen LogP contribution < -0.4 is 10.2 Å². The number of Topliss-reactive ketones (excluding diaryl/α,β-unsaturated/α-hetero) is 1. The summed E-state index contributed by atoms with van der Waals surface area (Å²) in [5.41, 5.74) is 0. The van der Waals surface area contributed by atoms with Crippen LogP contribution in [-0.2, 0) is 9.59 Å². The zero-order valence-electron chi connectivity index (χ0n) is 13.2. The molecule has 0 spiro atoms. The molecule has 1 aromatic rings. The Bertz CT molecular complexity index is 601. The Morgan fingerprint density at radius 1 is 1.30 bits per heavy atom. The summed E-state index contributed by atoms with van der Waals surface area (Å²) in [6.45, 7) is 4.92. The van der Waals surface area contributed by atoms with Crippen LogP contribution in [0.25, 0.3) is 0 Å². The Labute approximate surface area is 140 Å². The summed E-state index contributed by atoms with van der Waals surface area (Å²) in [7, 11) is 0. The van der Waals surface area contributed by atoms with E-state index in [0.29, 0.717) is 44.2 Å². The van der Waals surface area contributed by atoms with Crippen molar-refractivity contribution in [3.8, 4) is 0 Å². The van der Waals surface area contributed by atoms with E-state index in [1.807, 2.05) is 17.0 Å². The molecule has 2 fully saturated rings. The zero-order valence-corrected chi connectivity index (χ0v) is 13.9. The summed E-state index contributed by atoms with van der Waals surface area (Å²) in [5, 5.41) is 3.81. The second-order valence-electron chi connectivity index (χ2n) is 6.13. The highest BCUT2D eigenvalue weighted by molar-refractivity contribution is 6.32. The van der Waals surface area contributed by atoms with Gasteiger partial charge in [-0.2, -0.15) is 0 Å². The number of ketones is 1. The predicted octanol–water partition coefficient (Wildman–Crippen LogP) is 0.951. The maximum Gasteiger partial charge on any atom is 0.239 e. The molecular formula is C16H21ClN4O2. The molecule has 0 aromatic carbocycles. The molecule has 2 saturated heterocycles. The highest BCUT2D eigenvalue weighted by Crippen LogP contribution is 2.24. The molecule has 124 valence electrons. The predicted molar refractivity (Wildman–Crippen MR) is 88.6 cm³/mol. The SMILES string of the molecule is CC(=O)C1CNC(C(=O)N2CCN(c3ncccc3Cl)CC2)C1. The molecule has 6 nitrogen and oxygen atoms in total. The van der Waals surface area contributed by atoms with Gasteiger partial charge < -0.3 is 15.1 Å². The zero-order chi connectivity index (χ0) is 16.4. The van der Waals surface area contributed by atoms with Gasteiger partial charge in [0.2, 0.25) is 5.91 Å². The molecule has 0 saturated carbocycles. The average Bonchev–Trinajstić information content (AvgIpc) is 3.05. The highest BCUT2D eigenvalue weighted by Gasteiger charge is 2.35. The van der Waals surface area contributed by atoms with E-state index in [0.717, 1.165) is 5.82 Å². The number of amides is 1. The lowest BCUT2D eigenvalue weighted by molar-refractivity contribution is -0.133. The fraction of sp³-hybridized carbons (Fsp3) is 0.562. The number of aromatic nitrogens is 1. The van der Waals surface area contributed by atoms with Gasteiger partial charge in [-0.25, -0.2) is 4.98 Å². The number of hydrogen-bond donors (Lipinski definition) is 1. The molecule has 2 aliphatic rings. The van der Waals surface area contributed by atoms with E-state index in [9.17, 15) is 9.59 Å². The van der Waals surface area contributed by atoms with Gasteiger partial charge in [0.25, 0.3) is 0 Å². The van der Waals surface area contributed by atoms with Crippen molar-refractivity contribution in [2.45, 2.75) is 19.4 Å². The lowest BCUT2D eigenvalue weighted by Gasteiger charge is -2.36. The number of halogens is 1. The van der Waals surface area contributed by atoms with Crippen molar-refractivity contribution in [1.82, 2.24) is 15.2 Å². The molecule has 2 unspecified atom stereocenters. The monoisotopic (exact) mass is 336 g/mol. The first-order chi connectivity index (χ1) is 11.1. The Hall–Kier alpha value is -1.66. The fourth-order valence-corrected chi connectivity index (χ4v) is 3.44. The standard InChI is InChI=1S/C16H21ClN4O2/c1-11(22)12-9-14(19-10-12)16(23)21-7-5-20(6-8-21)15-13(17)3-2-4-18-15/h2-4,12,14,19H,5-10H2,1H3. The minimum Gasteiger partial charge on any atom is -0.352 e. The van der Waals surface area contributed by atoms with E-state index in [1.54, 1.807) is 13.1 Å². The molecule has 0 aliphatic carbocycles. The second kappa shape index (κ2) is 6.84. The summed E-state index contributed by atoms with van der Waals surface area (Å²) in [4.78, 5) is 32.3. The quantitative estimate of drug-likeness (QED) is 0.890. The van der Waals surface area contributed by atoms with E-state index < -0.39 is 0 Å². The number of hydrogen-bond acceptors (Lipinski definition) is 5. The smallest absolute Gasteiger partial charge is 0.239 e. The molecule has 0 radical (unpaired) electrons. The molecule has 2 atom stereocenters. The van der Waals surface area contributed by atoms with Crippen molar-refractivity contribution in [3.05, 3.63) is 23.4 Å². The van der Waals surface area contributed by atoms with E-state index in [4.69, 9.17) is 11.6 Å². The highest BCUT2D eigenvalue weighted by atomic mass is 35.5. The Morgan fingerprint density at radius 3 is 2.65 bits per heavy atom. The van der Waals surface area contributed by atoms with Crippen LogP contribution in [0.15, 0.2) is 18.3 Å². The van der Waals surface area contributed by atoms with Crippen LogP contribution in [-0.4, -0.2) is 60.3 Å². The normalized spacial score (nSPS) is 24.8. The maximum atomic E-state index is 12.6. The van der Waals surface area contributed by atoms with Crippen molar-refractivity contribution < 1.29 is 9.59 Å². The van der Waals surface area contributed by atoms with Crippen molar-refractivity contribution in [2.24, 2.45) is 5.92 Å². The fourth-order valence-electron chi connectivity index (χ4n) is 3.20. The molecule has 1 amide bonds.